The van der Waals surface area contributed by atoms with Crippen molar-refractivity contribution in [1.29, 1.82) is 0 Å². The highest BCUT2D eigenvalue weighted by atomic mass is 32.2. The number of hydrogen-bond acceptors (Lipinski definition) is 14. The number of Topliss-reactive ketones (excluding diaryl/α,β-unsaturated/α-hetero) is 1. The van der Waals surface area contributed by atoms with Gasteiger partial charge in [-0.3, -0.25) is 9.59 Å². The zero-order valence-electron chi connectivity index (χ0n) is 25.6. The molecule has 3 aromatic heterocycles. The summed E-state index contributed by atoms with van der Waals surface area (Å²) >= 11 is 1.72. The maximum Gasteiger partial charge on any atom is 0.326 e. The Labute approximate surface area is 269 Å². The van der Waals surface area contributed by atoms with Crippen molar-refractivity contribution in [3.63, 3.8) is 0 Å². The molecule has 1 unspecified atom stereocenters. The number of aryl methyl sites for hydroxylation is 1. The minimum atomic E-state index is -1.22. The molecule has 0 bridgehead atoms. The number of aromatic nitrogens is 7. The van der Waals surface area contributed by atoms with Crippen molar-refractivity contribution in [3.8, 4) is 0 Å². The van der Waals surface area contributed by atoms with Crippen LogP contribution in [-0.2, 0) is 33.8 Å². The number of hydrogen-bond donors (Lipinski definition) is 4. The van der Waals surface area contributed by atoms with E-state index in [1.54, 1.807) is 53.1 Å². The lowest BCUT2D eigenvalue weighted by Gasteiger charge is -2.19. The fourth-order valence-electron chi connectivity index (χ4n) is 4.42. The van der Waals surface area contributed by atoms with Crippen LogP contribution in [-0.4, -0.2) is 96.0 Å². The van der Waals surface area contributed by atoms with Crippen molar-refractivity contribution in [3.05, 3.63) is 53.6 Å². The number of ketones is 1. The van der Waals surface area contributed by atoms with Gasteiger partial charge in [-0.05, 0) is 43.4 Å². The summed E-state index contributed by atoms with van der Waals surface area (Å²) in [5, 5.41) is 20.3. The molecule has 4 aromatic rings. The van der Waals surface area contributed by atoms with E-state index >= 15 is 0 Å². The molecule has 0 saturated carbocycles. The van der Waals surface area contributed by atoms with Crippen LogP contribution in [0.3, 0.4) is 0 Å². The molecule has 0 aliphatic heterocycles. The van der Waals surface area contributed by atoms with Crippen LogP contribution in [0.1, 0.15) is 41.0 Å². The predicted molar refractivity (Wildman–Crippen MR) is 173 cm³/mol. The smallest absolute Gasteiger partial charge is 0.326 e. The van der Waals surface area contributed by atoms with Crippen LogP contribution in [0.2, 0.25) is 0 Å². The number of nitrogens with two attached hydrogens (primary N) is 2. The molecule has 3 heterocycles. The van der Waals surface area contributed by atoms with Crippen LogP contribution >= 0.6 is 11.8 Å². The maximum atomic E-state index is 12.8. The Kier molecular flexibility index (Phi) is 12.1. The number of carbonyl (C=O) groups is 3. The van der Waals surface area contributed by atoms with E-state index in [4.69, 9.17) is 16.2 Å². The van der Waals surface area contributed by atoms with Crippen LogP contribution in [0.5, 0.6) is 0 Å². The molecule has 1 amide bonds. The molecule has 0 fully saturated rings. The second-order valence-electron chi connectivity index (χ2n) is 10.4. The number of aliphatic carboxylic acids is 1. The number of benzene rings is 1. The van der Waals surface area contributed by atoms with Crippen LogP contribution in [0, 0.1) is 0 Å². The summed E-state index contributed by atoms with van der Waals surface area (Å²) in [7, 11) is 1.84. The zero-order valence-corrected chi connectivity index (χ0v) is 26.4. The van der Waals surface area contributed by atoms with Gasteiger partial charge in [0, 0.05) is 43.1 Å². The van der Waals surface area contributed by atoms with Crippen molar-refractivity contribution in [2.24, 2.45) is 0 Å². The number of thioether (sulfide) groups is 1. The van der Waals surface area contributed by atoms with Gasteiger partial charge in [-0.1, -0.05) is 5.21 Å². The van der Waals surface area contributed by atoms with Gasteiger partial charge < -0.3 is 31.5 Å². The first-order valence-corrected chi connectivity index (χ1v) is 15.9. The van der Waals surface area contributed by atoms with Gasteiger partial charge in [0.1, 0.15) is 11.8 Å². The van der Waals surface area contributed by atoms with Gasteiger partial charge in [0.05, 0.1) is 43.9 Å². The Balaban J connectivity index is 1.23. The van der Waals surface area contributed by atoms with Crippen molar-refractivity contribution < 1.29 is 24.2 Å². The summed E-state index contributed by atoms with van der Waals surface area (Å²) in [6.45, 7) is 2.14. The number of carboxylic acids is 1. The summed E-state index contributed by atoms with van der Waals surface area (Å²) in [4.78, 5) is 55.8. The van der Waals surface area contributed by atoms with E-state index in [2.05, 4.69) is 35.6 Å². The quantitative estimate of drug-likeness (QED) is 0.111. The molecular weight excluding hydrogens is 614 g/mol. The van der Waals surface area contributed by atoms with Crippen LogP contribution in [0.25, 0.3) is 11.2 Å². The Bertz CT molecular complexity index is 1650. The highest BCUT2D eigenvalue weighted by molar-refractivity contribution is 7.98. The lowest BCUT2D eigenvalue weighted by Crippen LogP contribution is -2.41. The molecule has 0 saturated heterocycles. The average molecular weight is 652 g/mol. The van der Waals surface area contributed by atoms with E-state index in [0.717, 1.165) is 11.4 Å². The minimum absolute atomic E-state index is 0.00121. The summed E-state index contributed by atoms with van der Waals surface area (Å²) in [5.74, 6) is -0.817. The summed E-state index contributed by atoms with van der Waals surface area (Å²) in [5.41, 5.74) is 14.5. The summed E-state index contributed by atoms with van der Waals surface area (Å²) < 4.78 is 7.18. The van der Waals surface area contributed by atoms with E-state index < -0.39 is 17.9 Å². The highest BCUT2D eigenvalue weighted by Crippen LogP contribution is 2.19. The number of carboxylic acid groups (broad SMARTS) is 1. The molecule has 0 aliphatic carbocycles. The number of nitrogens with one attached hydrogen (secondary N) is 1. The normalized spacial score (nSPS) is 11.8. The van der Waals surface area contributed by atoms with Gasteiger partial charge >= 0.3 is 5.97 Å². The van der Waals surface area contributed by atoms with Gasteiger partial charge in [-0.15, -0.1) is 5.10 Å². The Morgan fingerprint density at radius 1 is 1.09 bits per heavy atom. The number of carbonyl (C=O) groups excluding carboxylic acids is 2. The highest BCUT2D eigenvalue weighted by Gasteiger charge is 2.22. The third-order valence-corrected chi connectivity index (χ3v) is 7.50. The van der Waals surface area contributed by atoms with Crippen LogP contribution in [0.4, 0.5) is 17.5 Å². The maximum absolute atomic E-state index is 12.8. The monoisotopic (exact) mass is 651 g/mol. The lowest BCUT2D eigenvalue weighted by atomic mass is 10.0. The van der Waals surface area contributed by atoms with Crippen molar-refractivity contribution in [1.82, 2.24) is 40.2 Å². The number of rotatable bonds is 18. The molecule has 4 rings (SSSR count). The number of nitrogen functional groups attached to an aromatic ring is 2. The molecule has 46 heavy (non-hydrogen) atoms. The molecule has 1 aromatic carbocycles. The van der Waals surface area contributed by atoms with E-state index in [1.165, 1.54) is 0 Å². The number of amides is 1. The molecule has 0 radical (unpaired) electrons. The number of fused-ring (bicyclic) bond motifs is 1. The number of nitrogens with zero attached hydrogens (tertiary/aromatic N) is 8. The van der Waals surface area contributed by atoms with Gasteiger partial charge in [0.15, 0.2) is 17.0 Å². The molecular formula is C29H37N11O5S. The third kappa shape index (κ3) is 9.80. The molecule has 1 atom stereocenters. The Morgan fingerprint density at radius 3 is 2.61 bits per heavy atom. The number of ether oxygens (including phenoxy) is 1. The molecule has 244 valence electrons. The molecule has 0 spiro atoms. The third-order valence-electron chi connectivity index (χ3n) is 6.93. The van der Waals surface area contributed by atoms with Crippen molar-refractivity contribution in [2.45, 2.75) is 44.8 Å². The van der Waals surface area contributed by atoms with Crippen molar-refractivity contribution >= 4 is 58.0 Å². The molecule has 16 nitrogen and oxygen atoms in total. The topological polar surface area (TPSA) is 230 Å². The standard InChI is InChI=1S/C29H37N11O5S/c1-39(16-20-15-32-26-24(33-20)25(30)35-29(31)36-26)21-6-3-18(4-7-21)27(42)34-23(28(43)44)10-9-22(41)8-5-19-17-40(38-37-19)11-12-45-13-14-46-2/h3-4,6-7,15,17,23H,5,8-14,16H2,1-2H3,(H,34,42)(H,43,44)(H4,30,31,32,35,36). The fourth-order valence-corrected chi connectivity index (χ4v) is 4.71. The van der Waals surface area contributed by atoms with E-state index in [9.17, 15) is 19.5 Å². The summed E-state index contributed by atoms with van der Waals surface area (Å²) in [6.07, 6.45) is 5.91. The van der Waals surface area contributed by atoms with Gasteiger partial charge in [0.25, 0.3) is 5.91 Å². The zero-order chi connectivity index (χ0) is 33.1. The fraction of sp³-hybridized carbons (Fsp3) is 0.414. The first-order valence-electron chi connectivity index (χ1n) is 14.5. The van der Waals surface area contributed by atoms with Gasteiger partial charge in [-0.2, -0.15) is 21.7 Å². The summed E-state index contributed by atoms with van der Waals surface area (Å²) in [6, 6.07) is 5.43. The van der Waals surface area contributed by atoms with E-state index in [-0.39, 0.29) is 42.4 Å². The van der Waals surface area contributed by atoms with Crippen molar-refractivity contribution in [2.75, 3.05) is 48.6 Å². The Hall–Kier alpha value is -4.90. The molecule has 6 N–H and O–H groups in total. The van der Waals surface area contributed by atoms with Crippen LogP contribution < -0.4 is 21.7 Å². The first kappa shape index (κ1) is 34.0. The Morgan fingerprint density at radius 2 is 1.87 bits per heavy atom. The molecule has 0 aliphatic rings. The van der Waals surface area contributed by atoms with E-state index in [1.807, 2.05) is 18.2 Å². The second-order valence-corrected chi connectivity index (χ2v) is 11.4. The predicted octanol–water partition coefficient (Wildman–Crippen LogP) is 1.36. The molecule has 17 heteroatoms. The number of anilines is 3. The van der Waals surface area contributed by atoms with Crippen LogP contribution in [0.15, 0.2) is 36.7 Å². The first-order chi connectivity index (χ1) is 22.1. The minimum Gasteiger partial charge on any atom is -0.480 e. The largest absolute Gasteiger partial charge is 0.480 e. The average Bonchev–Trinajstić information content (AvgIpc) is 3.49. The van der Waals surface area contributed by atoms with Gasteiger partial charge in [-0.25, -0.2) is 19.4 Å². The second kappa shape index (κ2) is 16.4. The van der Waals surface area contributed by atoms with E-state index in [0.29, 0.717) is 55.3 Å². The SMILES string of the molecule is CSCCOCCn1cc(CCC(=O)CCC(NC(=O)c2ccc(N(C)Cc3cnc4nc(N)nc(N)c4n3)cc2)C(=O)O)nn1. The lowest BCUT2D eigenvalue weighted by molar-refractivity contribution is -0.139. The van der Waals surface area contributed by atoms with Gasteiger partial charge in [0.2, 0.25) is 5.95 Å².